The molecule has 0 fully saturated rings. The summed E-state index contributed by atoms with van der Waals surface area (Å²) in [5, 5.41) is 0. The van der Waals surface area contributed by atoms with Crippen LogP contribution in [0.4, 0.5) is 4.39 Å². The van der Waals surface area contributed by atoms with Crippen LogP contribution in [0.5, 0.6) is 5.75 Å². The summed E-state index contributed by atoms with van der Waals surface area (Å²) in [6.45, 7) is 3.81. The van der Waals surface area contributed by atoms with Crippen LogP contribution in [0.1, 0.15) is 19.4 Å². The van der Waals surface area contributed by atoms with E-state index in [-0.39, 0.29) is 24.2 Å². The number of halogens is 1. The monoisotopic (exact) mass is 221 g/mol. The van der Waals surface area contributed by atoms with E-state index < -0.39 is 0 Å². The third-order valence-electron chi connectivity index (χ3n) is 2.03. The van der Waals surface area contributed by atoms with Crippen molar-refractivity contribution >= 4 is 0 Å². The Morgan fingerprint density at radius 2 is 2.25 bits per heavy atom. The van der Waals surface area contributed by atoms with Gasteiger partial charge >= 0.3 is 0 Å². The van der Waals surface area contributed by atoms with Crippen molar-refractivity contribution in [1.29, 1.82) is 0 Å². The van der Waals surface area contributed by atoms with Gasteiger partial charge in [-0.05, 0) is 38.0 Å². The third kappa shape index (κ3) is 3.92. The summed E-state index contributed by atoms with van der Waals surface area (Å²) in [4.78, 5) is 0. The molecule has 0 aliphatic carbocycles. The summed E-state index contributed by atoms with van der Waals surface area (Å²) in [7, 11) is 0. The van der Waals surface area contributed by atoms with Crippen LogP contribution in [0.2, 0.25) is 0 Å². The molecule has 0 saturated heterocycles. The summed E-state index contributed by atoms with van der Waals surface area (Å²) in [5.41, 5.74) is 6.52. The summed E-state index contributed by atoms with van der Waals surface area (Å²) in [6.07, 6.45) is 0.659. The number of hydrogen-bond donors (Lipinski definition) is 1. The zero-order chi connectivity index (χ0) is 12.0. The van der Waals surface area contributed by atoms with E-state index >= 15 is 0 Å². The molecule has 1 rings (SSSR count). The molecule has 0 aliphatic heterocycles. The average molecular weight is 221 g/mol. The molecular weight excluding hydrogens is 205 g/mol. The van der Waals surface area contributed by atoms with Crippen molar-refractivity contribution in [3.8, 4) is 17.6 Å². The Morgan fingerprint density at radius 1 is 1.50 bits per heavy atom. The highest BCUT2D eigenvalue weighted by Crippen LogP contribution is 2.18. The summed E-state index contributed by atoms with van der Waals surface area (Å²) in [5.74, 6) is 5.26. The Hall–Kier alpha value is -1.53. The van der Waals surface area contributed by atoms with Gasteiger partial charge in [0.25, 0.3) is 0 Å². The first kappa shape index (κ1) is 12.5. The van der Waals surface area contributed by atoms with Crippen LogP contribution in [-0.4, -0.2) is 12.6 Å². The number of hydrogen-bond acceptors (Lipinski definition) is 2. The number of ether oxygens (including phenoxy) is 1. The molecule has 2 nitrogen and oxygen atoms in total. The summed E-state index contributed by atoms with van der Waals surface area (Å²) < 4.78 is 18.7. The second-order valence-corrected chi connectivity index (χ2v) is 3.66. The largest absolute Gasteiger partial charge is 0.478 e. The first-order valence-corrected chi connectivity index (χ1v) is 5.20. The lowest BCUT2D eigenvalue weighted by molar-refractivity contribution is 0.347. The number of nitrogens with two attached hydrogens (primary N) is 1. The summed E-state index contributed by atoms with van der Waals surface area (Å²) in [6, 6.07) is 4.92. The molecule has 0 heterocycles. The molecule has 16 heavy (non-hydrogen) atoms. The van der Waals surface area contributed by atoms with E-state index in [4.69, 9.17) is 10.5 Å². The van der Waals surface area contributed by atoms with Gasteiger partial charge in [-0.15, -0.1) is 5.92 Å². The predicted octanol–water partition coefficient (Wildman–Crippen LogP) is 2.12. The first-order valence-electron chi connectivity index (χ1n) is 5.20. The molecule has 1 atom stereocenters. The van der Waals surface area contributed by atoms with Gasteiger partial charge in [0, 0.05) is 6.04 Å². The van der Waals surface area contributed by atoms with E-state index in [9.17, 15) is 4.39 Å². The number of benzene rings is 1. The fraction of sp³-hybridized carbons (Fsp3) is 0.385. The minimum Gasteiger partial charge on any atom is -0.478 e. The fourth-order valence-electron chi connectivity index (χ4n) is 1.35. The summed E-state index contributed by atoms with van der Waals surface area (Å²) >= 11 is 0. The van der Waals surface area contributed by atoms with Crippen molar-refractivity contribution in [3.63, 3.8) is 0 Å². The molecule has 0 radical (unpaired) electrons. The van der Waals surface area contributed by atoms with Crippen molar-refractivity contribution < 1.29 is 9.13 Å². The van der Waals surface area contributed by atoms with Crippen molar-refractivity contribution in [1.82, 2.24) is 0 Å². The van der Waals surface area contributed by atoms with Gasteiger partial charge in [-0.1, -0.05) is 12.0 Å². The van der Waals surface area contributed by atoms with Crippen LogP contribution in [-0.2, 0) is 6.42 Å². The molecule has 1 aromatic rings. The molecule has 0 bridgehead atoms. The predicted molar refractivity (Wildman–Crippen MR) is 62.7 cm³/mol. The van der Waals surface area contributed by atoms with Gasteiger partial charge in [0.15, 0.2) is 11.6 Å². The van der Waals surface area contributed by atoms with Crippen LogP contribution in [0, 0.1) is 17.7 Å². The van der Waals surface area contributed by atoms with E-state index in [1.807, 2.05) is 13.0 Å². The van der Waals surface area contributed by atoms with Gasteiger partial charge < -0.3 is 10.5 Å². The molecule has 0 amide bonds. The number of rotatable bonds is 4. The molecule has 1 aromatic carbocycles. The van der Waals surface area contributed by atoms with E-state index in [1.54, 1.807) is 13.0 Å². The molecule has 86 valence electrons. The van der Waals surface area contributed by atoms with Crippen LogP contribution < -0.4 is 10.5 Å². The highest BCUT2D eigenvalue weighted by Gasteiger charge is 2.05. The molecular formula is C13H16FNO. The van der Waals surface area contributed by atoms with Crippen LogP contribution in [0.3, 0.4) is 0 Å². The van der Waals surface area contributed by atoms with Gasteiger partial charge in [-0.2, -0.15) is 0 Å². The Labute approximate surface area is 95.6 Å². The Balaban J connectivity index is 2.69. The normalized spacial score (nSPS) is 11.5. The quantitative estimate of drug-likeness (QED) is 0.790. The Bertz CT molecular complexity index is 404. The maximum absolute atomic E-state index is 13.5. The Kier molecular flexibility index (Phi) is 4.81. The van der Waals surface area contributed by atoms with E-state index in [0.29, 0.717) is 6.42 Å². The van der Waals surface area contributed by atoms with Crippen molar-refractivity contribution in [2.45, 2.75) is 26.3 Å². The smallest absolute Gasteiger partial charge is 0.165 e. The van der Waals surface area contributed by atoms with E-state index in [1.165, 1.54) is 6.07 Å². The minimum absolute atomic E-state index is 0.0251. The lowest BCUT2D eigenvalue weighted by Gasteiger charge is -2.08. The second-order valence-electron chi connectivity index (χ2n) is 3.66. The maximum Gasteiger partial charge on any atom is 0.165 e. The molecule has 0 aliphatic rings. The lowest BCUT2D eigenvalue weighted by atomic mass is 10.1. The minimum atomic E-state index is -0.365. The van der Waals surface area contributed by atoms with Crippen molar-refractivity contribution in [2.24, 2.45) is 5.73 Å². The van der Waals surface area contributed by atoms with Crippen LogP contribution >= 0.6 is 0 Å². The molecule has 0 spiro atoms. The molecule has 0 aromatic heterocycles. The second kappa shape index (κ2) is 6.14. The fourth-order valence-corrected chi connectivity index (χ4v) is 1.35. The maximum atomic E-state index is 13.5. The zero-order valence-electron chi connectivity index (χ0n) is 9.59. The van der Waals surface area contributed by atoms with Gasteiger partial charge in [0.05, 0.1) is 0 Å². The third-order valence-corrected chi connectivity index (χ3v) is 2.03. The highest BCUT2D eigenvalue weighted by molar-refractivity contribution is 5.30. The molecule has 1 unspecified atom stereocenters. The molecule has 2 N–H and O–H groups in total. The molecule has 3 heteroatoms. The van der Waals surface area contributed by atoms with Crippen LogP contribution in [0.25, 0.3) is 0 Å². The average Bonchev–Trinajstić information content (AvgIpc) is 2.20. The zero-order valence-corrected chi connectivity index (χ0v) is 9.59. The van der Waals surface area contributed by atoms with E-state index in [0.717, 1.165) is 5.56 Å². The van der Waals surface area contributed by atoms with Crippen LogP contribution in [0.15, 0.2) is 18.2 Å². The Morgan fingerprint density at radius 3 is 2.81 bits per heavy atom. The lowest BCUT2D eigenvalue weighted by Crippen LogP contribution is -2.17. The van der Waals surface area contributed by atoms with Gasteiger partial charge in [-0.25, -0.2) is 4.39 Å². The van der Waals surface area contributed by atoms with Gasteiger partial charge in [0.1, 0.15) is 6.61 Å². The van der Waals surface area contributed by atoms with E-state index in [2.05, 4.69) is 11.8 Å². The highest BCUT2D eigenvalue weighted by atomic mass is 19.1. The van der Waals surface area contributed by atoms with Crippen molar-refractivity contribution in [2.75, 3.05) is 6.61 Å². The first-order chi connectivity index (χ1) is 7.63. The van der Waals surface area contributed by atoms with Crippen molar-refractivity contribution in [3.05, 3.63) is 29.6 Å². The van der Waals surface area contributed by atoms with Gasteiger partial charge in [0.2, 0.25) is 0 Å². The standard InChI is InChI=1S/C13H16FNO/c1-3-4-7-16-13-6-5-11(8-10(2)15)9-12(13)14/h5-6,9-10H,7-8,15H2,1-2H3. The topological polar surface area (TPSA) is 35.2 Å². The SMILES string of the molecule is CC#CCOc1ccc(CC(C)N)cc1F. The van der Waals surface area contributed by atoms with Gasteiger partial charge in [-0.3, -0.25) is 0 Å². The molecule has 0 saturated carbocycles.